The van der Waals surface area contributed by atoms with Crippen molar-refractivity contribution in [1.82, 2.24) is 19.7 Å². The third-order valence-corrected chi connectivity index (χ3v) is 4.66. The van der Waals surface area contributed by atoms with Crippen LogP contribution in [0.4, 0.5) is 5.82 Å². The first-order chi connectivity index (χ1) is 13.4. The van der Waals surface area contributed by atoms with Gasteiger partial charge in [0.05, 0.1) is 17.5 Å². The van der Waals surface area contributed by atoms with Crippen LogP contribution in [-0.4, -0.2) is 36.7 Å². The van der Waals surface area contributed by atoms with Crippen molar-refractivity contribution in [2.75, 3.05) is 5.32 Å². The number of rotatable bonds is 6. The fourth-order valence-corrected chi connectivity index (χ4v) is 3.32. The van der Waals surface area contributed by atoms with Crippen LogP contribution in [0.1, 0.15) is 37.6 Å². The summed E-state index contributed by atoms with van der Waals surface area (Å²) in [6.45, 7) is 3.74. The summed E-state index contributed by atoms with van der Waals surface area (Å²) in [6.07, 6.45) is 5.76. The predicted molar refractivity (Wildman–Crippen MR) is 102 cm³/mol. The molecule has 0 aliphatic heterocycles. The molecule has 28 heavy (non-hydrogen) atoms. The van der Waals surface area contributed by atoms with Gasteiger partial charge in [-0.25, -0.2) is 4.98 Å². The highest BCUT2D eigenvalue weighted by molar-refractivity contribution is 5.95. The Labute approximate surface area is 161 Å². The Morgan fingerprint density at radius 1 is 1.29 bits per heavy atom. The normalized spacial score (nSPS) is 18.8. The van der Waals surface area contributed by atoms with Crippen molar-refractivity contribution in [2.24, 2.45) is 11.8 Å². The number of hydrogen-bond acceptors (Lipinski definition) is 5. The predicted octanol–water partition coefficient (Wildman–Crippen LogP) is 1.82. The van der Waals surface area contributed by atoms with E-state index in [1.54, 1.807) is 19.1 Å². The van der Waals surface area contributed by atoms with E-state index in [2.05, 4.69) is 20.4 Å². The monoisotopic (exact) mass is 385 g/mol. The number of nitrogens with one attached hydrogen (secondary N) is 2. The smallest absolute Gasteiger partial charge is 0.307 e. The molecule has 1 aliphatic rings. The molecule has 0 saturated carbocycles. The van der Waals surface area contributed by atoms with Crippen LogP contribution < -0.4 is 10.9 Å². The molecule has 0 aromatic carbocycles. The first-order valence-corrected chi connectivity index (χ1v) is 9.25. The molecule has 0 fully saturated rings. The Kier molecular flexibility index (Phi) is 5.72. The largest absolute Gasteiger partial charge is 0.481 e. The summed E-state index contributed by atoms with van der Waals surface area (Å²) in [5.74, 6) is -2.30. The second kappa shape index (κ2) is 8.20. The molecular weight excluding hydrogens is 362 g/mol. The van der Waals surface area contributed by atoms with Crippen molar-refractivity contribution < 1.29 is 14.7 Å². The quantitative estimate of drug-likeness (QED) is 0.650. The molecule has 1 amide bonds. The van der Waals surface area contributed by atoms with Gasteiger partial charge in [0.15, 0.2) is 0 Å². The highest BCUT2D eigenvalue weighted by Gasteiger charge is 2.34. The average Bonchev–Trinajstić information content (AvgIpc) is 3.01. The van der Waals surface area contributed by atoms with Gasteiger partial charge in [-0.3, -0.25) is 19.4 Å². The zero-order chi connectivity index (χ0) is 20.3. The van der Waals surface area contributed by atoms with Crippen molar-refractivity contribution in [3.8, 4) is 5.95 Å². The number of aliphatic carboxylic acids is 1. The SMILES string of the molecule is CCCc1cc(=O)[nH]c(-n2nc(C)cc2NC(=O)[C@H]2CC=CC[C@@H]2C(=O)O)n1. The molecule has 1 aliphatic carbocycles. The molecule has 2 atom stereocenters. The van der Waals surface area contributed by atoms with Crippen LogP contribution in [-0.2, 0) is 16.0 Å². The zero-order valence-corrected chi connectivity index (χ0v) is 15.8. The van der Waals surface area contributed by atoms with Crippen molar-refractivity contribution in [2.45, 2.75) is 39.5 Å². The zero-order valence-electron chi connectivity index (χ0n) is 15.8. The maximum Gasteiger partial charge on any atom is 0.307 e. The van der Waals surface area contributed by atoms with Gasteiger partial charge in [-0.1, -0.05) is 25.5 Å². The molecular formula is C19H23N5O4. The number of nitrogens with zero attached hydrogens (tertiary/aromatic N) is 3. The van der Waals surface area contributed by atoms with Gasteiger partial charge in [-0.05, 0) is 26.2 Å². The first kappa shape index (κ1) is 19.5. The van der Waals surface area contributed by atoms with Crippen LogP contribution in [0.3, 0.4) is 0 Å². The second-order valence-electron chi connectivity index (χ2n) is 6.88. The van der Waals surface area contributed by atoms with E-state index >= 15 is 0 Å². The minimum atomic E-state index is -0.993. The molecule has 3 rings (SSSR count). The maximum atomic E-state index is 12.8. The van der Waals surface area contributed by atoms with Gasteiger partial charge < -0.3 is 10.4 Å². The average molecular weight is 385 g/mol. The lowest BCUT2D eigenvalue weighted by Crippen LogP contribution is -2.35. The van der Waals surface area contributed by atoms with E-state index in [1.165, 1.54) is 10.7 Å². The van der Waals surface area contributed by atoms with E-state index in [4.69, 9.17) is 0 Å². The summed E-state index contributed by atoms with van der Waals surface area (Å²) < 4.78 is 1.36. The molecule has 0 unspecified atom stereocenters. The van der Waals surface area contributed by atoms with E-state index in [0.29, 0.717) is 36.5 Å². The molecule has 3 N–H and O–H groups in total. The van der Waals surface area contributed by atoms with Crippen LogP contribution in [0.2, 0.25) is 0 Å². The van der Waals surface area contributed by atoms with Gasteiger partial charge in [0.2, 0.25) is 11.9 Å². The molecule has 2 aromatic heterocycles. The number of aromatic amines is 1. The van der Waals surface area contributed by atoms with E-state index in [0.717, 1.165) is 6.42 Å². The van der Waals surface area contributed by atoms with Gasteiger partial charge in [0.25, 0.3) is 5.56 Å². The van der Waals surface area contributed by atoms with Crippen molar-refractivity contribution >= 4 is 17.7 Å². The number of aromatic nitrogens is 4. The summed E-state index contributed by atoms with van der Waals surface area (Å²) in [5, 5.41) is 16.5. The van der Waals surface area contributed by atoms with Crippen LogP contribution in [0, 0.1) is 18.8 Å². The molecule has 9 heteroatoms. The van der Waals surface area contributed by atoms with Crippen LogP contribution >= 0.6 is 0 Å². The van der Waals surface area contributed by atoms with E-state index < -0.39 is 23.7 Å². The minimum absolute atomic E-state index is 0.206. The summed E-state index contributed by atoms with van der Waals surface area (Å²) in [6, 6.07) is 3.09. The van der Waals surface area contributed by atoms with Gasteiger partial charge >= 0.3 is 5.97 Å². The summed E-state index contributed by atoms with van der Waals surface area (Å²) >= 11 is 0. The Morgan fingerprint density at radius 3 is 2.68 bits per heavy atom. The van der Waals surface area contributed by atoms with Gasteiger partial charge in [0, 0.05) is 17.8 Å². The van der Waals surface area contributed by atoms with E-state index in [-0.39, 0.29) is 11.5 Å². The van der Waals surface area contributed by atoms with Crippen LogP contribution in [0.5, 0.6) is 0 Å². The first-order valence-electron chi connectivity index (χ1n) is 9.25. The van der Waals surface area contributed by atoms with Gasteiger partial charge in [-0.15, -0.1) is 0 Å². The number of amides is 1. The number of carbonyl (C=O) groups is 2. The summed E-state index contributed by atoms with van der Waals surface area (Å²) in [7, 11) is 0. The molecule has 0 bridgehead atoms. The standard InChI is InChI=1S/C19H23N5O4/c1-3-6-12-10-16(25)22-19(20-12)24-15(9-11(2)23-24)21-17(26)13-7-4-5-8-14(13)18(27)28/h4-5,9-10,13-14H,3,6-8H2,1-2H3,(H,21,26)(H,27,28)(H,20,22,25)/t13-,14-/m0/s1. The number of carboxylic acid groups (broad SMARTS) is 1. The maximum absolute atomic E-state index is 12.8. The number of anilines is 1. The lowest BCUT2D eigenvalue weighted by Gasteiger charge is -2.24. The topological polar surface area (TPSA) is 130 Å². The van der Waals surface area contributed by atoms with Crippen molar-refractivity contribution in [3.63, 3.8) is 0 Å². The highest BCUT2D eigenvalue weighted by Crippen LogP contribution is 2.27. The fourth-order valence-electron chi connectivity index (χ4n) is 3.32. The number of carboxylic acids is 1. The minimum Gasteiger partial charge on any atom is -0.481 e. The van der Waals surface area contributed by atoms with Crippen LogP contribution in [0.25, 0.3) is 5.95 Å². The van der Waals surface area contributed by atoms with Crippen LogP contribution in [0.15, 0.2) is 29.1 Å². The number of aryl methyl sites for hydroxylation is 2. The summed E-state index contributed by atoms with van der Waals surface area (Å²) in [5.41, 5.74) is 0.953. The van der Waals surface area contributed by atoms with Gasteiger partial charge in [0.1, 0.15) is 5.82 Å². The second-order valence-corrected chi connectivity index (χ2v) is 6.88. The Bertz CT molecular complexity index is 975. The molecule has 0 spiro atoms. The Hall–Kier alpha value is -3.23. The van der Waals surface area contributed by atoms with E-state index in [1.807, 2.05) is 13.0 Å². The van der Waals surface area contributed by atoms with Crippen molar-refractivity contribution in [3.05, 3.63) is 46.0 Å². The fraction of sp³-hybridized carbons (Fsp3) is 0.421. The number of H-pyrrole nitrogens is 1. The Balaban J connectivity index is 1.91. The Morgan fingerprint density at radius 2 is 2.00 bits per heavy atom. The van der Waals surface area contributed by atoms with Crippen molar-refractivity contribution in [1.29, 1.82) is 0 Å². The lowest BCUT2D eigenvalue weighted by molar-refractivity contribution is -0.146. The molecule has 0 saturated heterocycles. The lowest BCUT2D eigenvalue weighted by atomic mass is 9.82. The number of allylic oxidation sites excluding steroid dienone is 2. The molecule has 9 nitrogen and oxygen atoms in total. The molecule has 148 valence electrons. The third-order valence-electron chi connectivity index (χ3n) is 4.66. The number of carbonyl (C=O) groups excluding carboxylic acids is 1. The summed E-state index contributed by atoms with van der Waals surface area (Å²) in [4.78, 5) is 43.3. The molecule has 0 radical (unpaired) electrons. The molecule has 2 aromatic rings. The molecule has 2 heterocycles. The highest BCUT2D eigenvalue weighted by atomic mass is 16.4. The third kappa shape index (κ3) is 4.19. The van der Waals surface area contributed by atoms with Gasteiger partial charge in [-0.2, -0.15) is 9.78 Å². The number of hydrogen-bond donors (Lipinski definition) is 3. The van der Waals surface area contributed by atoms with E-state index in [9.17, 15) is 19.5 Å².